The second-order valence-corrected chi connectivity index (χ2v) is 5.15. The number of para-hydroxylation sites is 1. The Morgan fingerprint density at radius 3 is 2.71 bits per heavy atom. The lowest BCUT2D eigenvalue weighted by Crippen LogP contribution is -2.28. The molecule has 0 saturated carbocycles. The fraction of sp³-hybridized carbons (Fsp3) is 0.357. The topological polar surface area (TPSA) is 20.3 Å². The average Bonchev–Trinajstić information content (AvgIpc) is 2.39. The zero-order valence-corrected chi connectivity index (χ0v) is 11.5. The van der Waals surface area contributed by atoms with Crippen LogP contribution in [0.4, 0.5) is 5.69 Å². The average molecular weight is 294 g/mol. The molecule has 0 aliphatic heterocycles. The highest BCUT2D eigenvalue weighted by molar-refractivity contribution is 9.10. The van der Waals surface area contributed by atoms with Gasteiger partial charge in [0, 0.05) is 17.1 Å². The Morgan fingerprint density at radius 1 is 1.29 bits per heavy atom. The van der Waals surface area contributed by atoms with Crippen molar-refractivity contribution in [3.63, 3.8) is 0 Å². The maximum absolute atomic E-state index is 12.3. The number of likely N-dealkylation sites (N-methyl/N-ethyl adjacent to an activating group) is 1. The number of halogens is 1. The summed E-state index contributed by atoms with van der Waals surface area (Å²) < 4.78 is 0.951. The van der Waals surface area contributed by atoms with Gasteiger partial charge >= 0.3 is 0 Å². The molecular weight excluding hydrogens is 278 g/mol. The Morgan fingerprint density at radius 2 is 2.06 bits per heavy atom. The second-order valence-electron chi connectivity index (χ2n) is 4.29. The van der Waals surface area contributed by atoms with Gasteiger partial charge in [-0.25, -0.2) is 0 Å². The standard InChI is InChI=1S/C14H16BrNO/c1-16(13-10-6-5-9-12(13)15)14(17)11-7-3-2-4-8-11/h5-7,9-10H,2-4,8H2,1H3. The Kier molecular flexibility index (Phi) is 4.00. The second kappa shape index (κ2) is 5.50. The van der Waals surface area contributed by atoms with Gasteiger partial charge in [0.15, 0.2) is 0 Å². The first kappa shape index (κ1) is 12.4. The summed E-state index contributed by atoms with van der Waals surface area (Å²) in [5.41, 5.74) is 1.87. The van der Waals surface area contributed by atoms with Crippen LogP contribution in [0, 0.1) is 0 Å². The maximum atomic E-state index is 12.3. The Balaban J connectivity index is 2.20. The largest absolute Gasteiger partial charge is 0.311 e. The molecule has 0 atom stereocenters. The zero-order chi connectivity index (χ0) is 12.3. The molecule has 0 heterocycles. The summed E-state index contributed by atoms with van der Waals surface area (Å²) >= 11 is 3.48. The Bertz CT molecular complexity index is 453. The summed E-state index contributed by atoms with van der Waals surface area (Å²) in [7, 11) is 1.83. The van der Waals surface area contributed by atoms with Crippen LogP contribution in [0.3, 0.4) is 0 Å². The minimum absolute atomic E-state index is 0.122. The van der Waals surface area contributed by atoms with Gasteiger partial charge in [0.05, 0.1) is 5.69 Å². The van der Waals surface area contributed by atoms with Crippen molar-refractivity contribution in [2.75, 3.05) is 11.9 Å². The van der Waals surface area contributed by atoms with Gasteiger partial charge in [-0.15, -0.1) is 0 Å². The number of hydrogen-bond acceptors (Lipinski definition) is 1. The molecule has 0 fully saturated rings. The SMILES string of the molecule is CN(C(=O)C1=CCCCC1)c1ccccc1Br. The van der Waals surface area contributed by atoms with E-state index in [9.17, 15) is 4.79 Å². The number of rotatable bonds is 2. The maximum Gasteiger partial charge on any atom is 0.253 e. The van der Waals surface area contributed by atoms with Crippen molar-refractivity contribution < 1.29 is 4.79 Å². The van der Waals surface area contributed by atoms with Crippen molar-refractivity contribution in [2.45, 2.75) is 25.7 Å². The van der Waals surface area contributed by atoms with Gasteiger partial charge in [-0.2, -0.15) is 0 Å². The number of benzene rings is 1. The van der Waals surface area contributed by atoms with Crippen molar-refractivity contribution >= 4 is 27.5 Å². The minimum Gasteiger partial charge on any atom is -0.311 e. The number of nitrogens with zero attached hydrogens (tertiary/aromatic N) is 1. The van der Waals surface area contributed by atoms with Crippen LogP contribution in [0.15, 0.2) is 40.4 Å². The molecular formula is C14H16BrNO. The van der Waals surface area contributed by atoms with Crippen LogP contribution >= 0.6 is 15.9 Å². The van der Waals surface area contributed by atoms with Crippen molar-refractivity contribution in [2.24, 2.45) is 0 Å². The molecule has 0 aromatic heterocycles. The van der Waals surface area contributed by atoms with Gasteiger partial charge in [-0.05, 0) is 53.7 Å². The third-order valence-corrected chi connectivity index (χ3v) is 3.75. The number of anilines is 1. The van der Waals surface area contributed by atoms with Crippen LogP contribution in [-0.4, -0.2) is 13.0 Å². The molecule has 0 saturated heterocycles. The Hall–Kier alpha value is -1.09. The fourth-order valence-electron chi connectivity index (χ4n) is 2.08. The Labute approximate surface area is 110 Å². The van der Waals surface area contributed by atoms with Crippen LogP contribution in [0.2, 0.25) is 0 Å². The van der Waals surface area contributed by atoms with E-state index >= 15 is 0 Å². The molecule has 0 spiro atoms. The van der Waals surface area contributed by atoms with Gasteiger partial charge in [0.1, 0.15) is 0 Å². The summed E-state index contributed by atoms with van der Waals surface area (Å²) in [6, 6.07) is 7.80. The van der Waals surface area contributed by atoms with E-state index < -0.39 is 0 Å². The number of hydrogen-bond donors (Lipinski definition) is 0. The van der Waals surface area contributed by atoms with Crippen LogP contribution in [0.5, 0.6) is 0 Å². The molecule has 17 heavy (non-hydrogen) atoms. The number of carbonyl (C=O) groups is 1. The lowest BCUT2D eigenvalue weighted by Gasteiger charge is -2.22. The molecule has 1 amide bonds. The summed E-state index contributed by atoms with van der Waals surface area (Å²) in [5, 5.41) is 0. The normalized spacial score (nSPS) is 15.3. The third-order valence-electron chi connectivity index (χ3n) is 3.08. The van der Waals surface area contributed by atoms with Crippen molar-refractivity contribution in [3.05, 3.63) is 40.4 Å². The molecule has 1 aliphatic carbocycles. The van der Waals surface area contributed by atoms with E-state index in [1.165, 1.54) is 6.42 Å². The predicted molar refractivity (Wildman–Crippen MR) is 74.1 cm³/mol. The number of carbonyl (C=O) groups excluding carboxylic acids is 1. The lowest BCUT2D eigenvalue weighted by atomic mass is 9.98. The first-order chi connectivity index (χ1) is 8.20. The van der Waals surface area contributed by atoms with Gasteiger partial charge in [0.2, 0.25) is 0 Å². The predicted octanol–water partition coefficient (Wildman–Crippen LogP) is 3.91. The highest BCUT2D eigenvalue weighted by Crippen LogP contribution is 2.27. The monoisotopic (exact) mass is 293 g/mol. The van der Waals surface area contributed by atoms with E-state index in [1.807, 2.05) is 31.3 Å². The molecule has 0 unspecified atom stereocenters. The first-order valence-corrected chi connectivity index (χ1v) is 6.71. The first-order valence-electron chi connectivity index (χ1n) is 5.92. The molecule has 0 N–H and O–H groups in total. The van der Waals surface area contributed by atoms with Gasteiger partial charge in [-0.1, -0.05) is 18.2 Å². The highest BCUT2D eigenvalue weighted by Gasteiger charge is 2.18. The smallest absolute Gasteiger partial charge is 0.253 e. The van der Waals surface area contributed by atoms with Crippen LogP contribution in [0.25, 0.3) is 0 Å². The van der Waals surface area contributed by atoms with E-state index in [4.69, 9.17) is 0 Å². The minimum atomic E-state index is 0.122. The van der Waals surface area contributed by atoms with Crippen LogP contribution < -0.4 is 4.90 Å². The number of allylic oxidation sites excluding steroid dienone is 1. The highest BCUT2D eigenvalue weighted by atomic mass is 79.9. The summed E-state index contributed by atoms with van der Waals surface area (Å²) in [6.07, 6.45) is 6.36. The molecule has 1 aliphatic rings. The van der Waals surface area contributed by atoms with Crippen molar-refractivity contribution in [3.8, 4) is 0 Å². The quantitative estimate of drug-likeness (QED) is 0.809. The van der Waals surface area contributed by atoms with E-state index in [1.54, 1.807) is 4.90 Å². The molecule has 1 aromatic rings. The van der Waals surface area contributed by atoms with Crippen molar-refractivity contribution in [1.29, 1.82) is 0 Å². The summed E-state index contributed by atoms with van der Waals surface area (Å²) in [6.45, 7) is 0. The third kappa shape index (κ3) is 2.78. The van der Waals surface area contributed by atoms with E-state index in [0.29, 0.717) is 0 Å². The van der Waals surface area contributed by atoms with Crippen molar-refractivity contribution in [1.82, 2.24) is 0 Å². The van der Waals surface area contributed by atoms with E-state index in [2.05, 4.69) is 22.0 Å². The molecule has 0 bridgehead atoms. The summed E-state index contributed by atoms with van der Waals surface area (Å²) in [4.78, 5) is 14.0. The molecule has 90 valence electrons. The van der Waals surface area contributed by atoms with Gasteiger partial charge < -0.3 is 4.90 Å². The van der Waals surface area contributed by atoms with Gasteiger partial charge in [-0.3, -0.25) is 4.79 Å². The van der Waals surface area contributed by atoms with E-state index in [0.717, 1.165) is 35.0 Å². The molecule has 3 heteroatoms. The lowest BCUT2D eigenvalue weighted by molar-refractivity contribution is -0.115. The molecule has 2 rings (SSSR count). The number of amides is 1. The molecule has 2 nitrogen and oxygen atoms in total. The molecule has 0 radical (unpaired) electrons. The van der Waals surface area contributed by atoms with Crippen LogP contribution in [0.1, 0.15) is 25.7 Å². The van der Waals surface area contributed by atoms with Crippen LogP contribution in [-0.2, 0) is 4.79 Å². The van der Waals surface area contributed by atoms with E-state index in [-0.39, 0.29) is 5.91 Å². The fourth-order valence-corrected chi connectivity index (χ4v) is 2.63. The summed E-state index contributed by atoms with van der Waals surface area (Å²) in [5.74, 6) is 0.122. The molecule has 1 aromatic carbocycles. The van der Waals surface area contributed by atoms with Gasteiger partial charge in [0.25, 0.3) is 5.91 Å². The zero-order valence-electron chi connectivity index (χ0n) is 9.95.